The summed E-state index contributed by atoms with van der Waals surface area (Å²) in [6.45, 7) is -0.337. The normalized spacial score (nSPS) is 17.0. The lowest BCUT2D eigenvalue weighted by molar-refractivity contribution is -0.119. The standard InChI is InChI=1S/C21H32ClN3O3S/c1-29(27,28)25(20-15-11-12-18(22)16-20)17-21(26)24-23-19-13-9-7-5-3-2-4-6-8-10-14-19/h11-12,15-16H,2-10,13-14,17H2,1H3,(H,24,26). The molecule has 6 nitrogen and oxygen atoms in total. The molecule has 1 aliphatic rings. The highest BCUT2D eigenvalue weighted by molar-refractivity contribution is 7.92. The highest BCUT2D eigenvalue weighted by Gasteiger charge is 2.21. The summed E-state index contributed by atoms with van der Waals surface area (Å²) < 4.78 is 25.4. The molecule has 1 fully saturated rings. The molecule has 1 aromatic carbocycles. The third-order valence-electron chi connectivity index (χ3n) is 5.05. The molecule has 1 saturated carbocycles. The van der Waals surface area contributed by atoms with Crippen LogP contribution in [0.5, 0.6) is 0 Å². The quantitative estimate of drug-likeness (QED) is 0.661. The molecule has 0 unspecified atom stereocenters. The molecule has 0 atom stereocenters. The van der Waals surface area contributed by atoms with Crippen molar-refractivity contribution in [2.75, 3.05) is 17.1 Å². The zero-order valence-corrected chi connectivity index (χ0v) is 18.8. The number of anilines is 1. The number of sulfonamides is 1. The van der Waals surface area contributed by atoms with Crippen LogP contribution in [0.1, 0.15) is 70.6 Å². The van der Waals surface area contributed by atoms with Gasteiger partial charge in [-0.2, -0.15) is 5.10 Å². The molecule has 1 N–H and O–H groups in total. The molecule has 0 heterocycles. The predicted octanol–water partition coefficient (Wildman–Crippen LogP) is 4.88. The van der Waals surface area contributed by atoms with Gasteiger partial charge in [0.2, 0.25) is 10.0 Å². The molecule has 0 saturated heterocycles. The zero-order valence-electron chi connectivity index (χ0n) is 17.2. The fourth-order valence-electron chi connectivity index (χ4n) is 3.47. The lowest BCUT2D eigenvalue weighted by Crippen LogP contribution is -2.39. The molecule has 2 rings (SSSR count). The monoisotopic (exact) mass is 441 g/mol. The SMILES string of the molecule is CS(=O)(=O)N(CC(=O)NN=C1CCCCCCCCCCC1)c1cccc(Cl)c1. The number of hydrogen-bond acceptors (Lipinski definition) is 4. The summed E-state index contributed by atoms with van der Waals surface area (Å²) in [7, 11) is -3.63. The van der Waals surface area contributed by atoms with Gasteiger partial charge in [0.1, 0.15) is 6.54 Å². The Labute approximate surface area is 179 Å². The Morgan fingerprint density at radius 1 is 1.03 bits per heavy atom. The van der Waals surface area contributed by atoms with Crippen molar-refractivity contribution in [1.82, 2.24) is 5.43 Å². The second-order valence-corrected chi connectivity index (χ2v) is 9.99. The number of carbonyl (C=O) groups excluding carboxylic acids is 1. The van der Waals surface area contributed by atoms with E-state index in [1.165, 1.54) is 51.0 Å². The Kier molecular flexibility index (Phi) is 9.94. The van der Waals surface area contributed by atoms with Gasteiger partial charge in [0.15, 0.2) is 0 Å². The lowest BCUT2D eigenvalue weighted by Gasteiger charge is -2.21. The first-order valence-corrected chi connectivity index (χ1v) is 12.7. The minimum absolute atomic E-state index is 0.337. The fourth-order valence-corrected chi connectivity index (χ4v) is 4.50. The van der Waals surface area contributed by atoms with E-state index in [1.54, 1.807) is 18.2 Å². The van der Waals surface area contributed by atoms with Crippen molar-refractivity contribution in [3.05, 3.63) is 29.3 Å². The van der Waals surface area contributed by atoms with Gasteiger partial charge in [0.05, 0.1) is 11.9 Å². The first-order chi connectivity index (χ1) is 13.9. The largest absolute Gasteiger partial charge is 0.271 e. The number of halogens is 1. The summed E-state index contributed by atoms with van der Waals surface area (Å²) in [5, 5.41) is 4.73. The second-order valence-electron chi connectivity index (χ2n) is 7.64. The van der Waals surface area contributed by atoms with E-state index in [-0.39, 0.29) is 6.54 Å². The van der Waals surface area contributed by atoms with Gasteiger partial charge >= 0.3 is 0 Å². The van der Waals surface area contributed by atoms with Crippen LogP contribution in [-0.2, 0) is 14.8 Å². The van der Waals surface area contributed by atoms with Crippen LogP contribution in [0, 0.1) is 0 Å². The van der Waals surface area contributed by atoms with Gasteiger partial charge < -0.3 is 0 Å². The molecule has 0 spiro atoms. The topological polar surface area (TPSA) is 78.8 Å². The highest BCUT2D eigenvalue weighted by Crippen LogP contribution is 2.21. The number of amides is 1. The van der Waals surface area contributed by atoms with Gasteiger partial charge in [0.25, 0.3) is 5.91 Å². The molecule has 0 bridgehead atoms. The average Bonchev–Trinajstić information content (AvgIpc) is 2.65. The van der Waals surface area contributed by atoms with Crippen molar-refractivity contribution in [3.63, 3.8) is 0 Å². The Morgan fingerprint density at radius 3 is 2.10 bits per heavy atom. The Morgan fingerprint density at radius 2 is 1.59 bits per heavy atom. The molecule has 162 valence electrons. The van der Waals surface area contributed by atoms with Gasteiger partial charge in [-0.15, -0.1) is 0 Å². The van der Waals surface area contributed by atoms with E-state index in [0.29, 0.717) is 10.7 Å². The van der Waals surface area contributed by atoms with Crippen LogP contribution in [-0.4, -0.2) is 32.8 Å². The third kappa shape index (κ3) is 9.17. The summed E-state index contributed by atoms with van der Waals surface area (Å²) in [6.07, 6.45) is 13.8. The van der Waals surface area contributed by atoms with Crippen LogP contribution in [0.15, 0.2) is 29.4 Å². The van der Waals surface area contributed by atoms with Crippen LogP contribution in [0.2, 0.25) is 5.02 Å². The molecule has 1 aromatic rings. The minimum atomic E-state index is -3.63. The van der Waals surface area contributed by atoms with Crippen molar-refractivity contribution in [3.8, 4) is 0 Å². The van der Waals surface area contributed by atoms with E-state index in [2.05, 4.69) is 10.5 Å². The number of hydrogen-bond donors (Lipinski definition) is 1. The molecule has 0 aliphatic heterocycles. The van der Waals surface area contributed by atoms with Crippen LogP contribution in [0.4, 0.5) is 5.69 Å². The van der Waals surface area contributed by atoms with E-state index in [1.807, 2.05) is 0 Å². The molecule has 1 amide bonds. The average molecular weight is 442 g/mol. The summed E-state index contributed by atoms with van der Waals surface area (Å²) in [6, 6.07) is 6.44. The third-order valence-corrected chi connectivity index (χ3v) is 6.43. The number of carbonyl (C=O) groups is 1. The summed E-state index contributed by atoms with van der Waals surface area (Å²) in [5.74, 6) is -0.464. The lowest BCUT2D eigenvalue weighted by atomic mass is 10.00. The van der Waals surface area contributed by atoms with E-state index in [9.17, 15) is 13.2 Å². The maximum absolute atomic E-state index is 12.4. The first kappa shape index (κ1) is 23.7. The van der Waals surface area contributed by atoms with Crippen molar-refractivity contribution in [1.29, 1.82) is 0 Å². The Bertz CT molecular complexity index is 782. The smallest absolute Gasteiger partial charge is 0.260 e. The van der Waals surface area contributed by atoms with E-state index < -0.39 is 15.9 Å². The van der Waals surface area contributed by atoms with Gasteiger partial charge in [-0.3, -0.25) is 9.10 Å². The first-order valence-electron chi connectivity index (χ1n) is 10.4. The van der Waals surface area contributed by atoms with Crippen LogP contribution < -0.4 is 9.73 Å². The van der Waals surface area contributed by atoms with Crippen molar-refractivity contribution in [2.24, 2.45) is 5.10 Å². The van der Waals surface area contributed by atoms with E-state index in [4.69, 9.17) is 11.6 Å². The fraction of sp³-hybridized carbons (Fsp3) is 0.619. The highest BCUT2D eigenvalue weighted by atomic mass is 35.5. The van der Waals surface area contributed by atoms with Gasteiger partial charge in [-0.05, 0) is 43.9 Å². The number of nitrogens with one attached hydrogen (secondary N) is 1. The van der Waals surface area contributed by atoms with Crippen LogP contribution in [0.25, 0.3) is 0 Å². The number of hydrazone groups is 1. The zero-order chi connectivity index (χ0) is 21.1. The summed E-state index contributed by atoms with van der Waals surface area (Å²) in [4.78, 5) is 12.4. The minimum Gasteiger partial charge on any atom is -0.271 e. The van der Waals surface area contributed by atoms with Crippen molar-refractivity contribution in [2.45, 2.75) is 70.6 Å². The summed E-state index contributed by atoms with van der Waals surface area (Å²) >= 11 is 5.97. The Hall–Kier alpha value is -1.60. The molecule has 8 heteroatoms. The molecule has 0 aromatic heterocycles. The molecule has 1 aliphatic carbocycles. The molecule has 0 radical (unpaired) electrons. The van der Waals surface area contributed by atoms with Gasteiger partial charge in [-0.1, -0.05) is 62.6 Å². The number of rotatable bonds is 5. The molecule has 29 heavy (non-hydrogen) atoms. The maximum Gasteiger partial charge on any atom is 0.260 e. The van der Waals surface area contributed by atoms with E-state index >= 15 is 0 Å². The van der Waals surface area contributed by atoms with Gasteiger partial charge in [0, 0.05) is 10.7 Å². The predicted molar refractivity (Wildman–Crippen MR) is 120 cm³/mol. The van der Waals surface area contributed by atoms with Crippen LogP contribution in [0.3, 0.4) is 0 Å². The Balaban J connectivity index is 1.99. The second kappa shape index (κ2) is 12.2. The maximum atomic E-state index is 12.4. The number of nitrogens with zero attached hydrogens (tertiary/aromatic N) is 2. The van der Waals surface area contributed by atoms with Crippen molar-refractivity contribution < 1.29 is 13.2 Å². The van der Waals surface area contributed by atoms with Crippen LogP contribution >= 0.6 is 11.6 Å². The van der Waals surface area contributed by atoms with Gasteiger partial charge in [-0.25, -0.2) is 13.8 Å². The number of benzene rings is 1. The van der Waals surface area contributed by atoms with Crippen molar-refractivity contribution >= 4 is 38.9 Å². The summed E-state index contributed by atoms with van der Waals surface area (Å²) in [5.41, 5.74) is 3.91. The van der Waals surface area contributed by atoms with E-state index in [0.717, 1.165) is 42.0 Å². The molecular weight excluding hydrogens is 410 g/mol. The molecular formula is C21H32ClN3O3S.